The second kappa shape index (κ2) is 6.17. The van der Waals surface area contributed by atoms with Gasteiger partial charge < -0.3 is 9.64 Å². The Morgan fingerprint density at radius 3 is 2.36 bits per heavy atom. The molecule has 0 saturated carbocycles. The van der Waals surface area contributed by atoms with Crippen LogP contribution in [-0.2, 0) is 26.3 Å². The van der Waals surface area contributed by atoms with Gasteiger partial charge in [0, 0.05) is 0 Å². The third-order valence-electron chi connectivity index (χ3n) is 3.41. The molecule has 118 valence electrons. The van der Waals surface area contributed by atoms with Gasteiger partial charge in [0.1, 0.15) is 19.7 Å². The Morgan fingerprint density at radius 2 is 1.86 bits per heavy atom. The van der Waals surface area contributed by atoms with Crippen molar-refractivity contribution in [2.24, 2.45) is 0 Å². The number of benzene rings is 1. The van der Waals surface area contributed by atoms with Gasteiger partial charge >= 0.3 is 12.0 Å². The van der Waals surface area contributed by atoms with Gasteiger partial charge in [-0.15, -0.1) is 0 Å². The number of carbonyl (C=O) groups excluding carboxylic acids is 3. The van der Waals surface area contributed by atoms with E-state index in [2.05, 4.69) is 26.1 Å². The number of esters is 1. The molecule has 0 aromatic heterocycles. The van der Waals surface area contributed by atoms with Crippen LogP contribution in [-0.4, -0.2) is 35.9 Å². The molecule has 1 heterocycles. The van der Waals surface area contributed by atoms with Crippen molar-refractivity contribution in [2.45, 2.75) is 32.8 Å². The number of carbonyl (C=O) groups is 3. The van der Waals surface area contributed by atoms with Gasteiger partial charge in [-0.2, -0.15) is 0 Å². The van der Waals surface area contributed by atoms with Crippen molar-refractivity contribution in [1.29, 1.82) is 0 Å². The predicted octanol–water partition coefficient (Wildman–Crippen LogP) is 1.58. The smallest absolute Gasteiger partial charge is 0.326 e. The van der Waals surface area contributed by atoms with Crippen molar-refractivity contribution in [1.82, 2.24) is 10.2 Å². The fraction of sp³-hybridized carbons (Fsp3) is 0.438. The number of nitrogens with zero attached hydrogens (tertiary/aromatic N) is 1. The van der Waals surface area contributed by atoms with E-state index in [1.54, 1.807) is 0 Å². The lowest BCUT2D eigenvalue weighted by Crippen LogP contribution is -2.33. The molecule has 0 unspecified atom stereocenters. The Balaban J connectivity index is 1.84. The van der Waals surface area contributed by atoms with Crippen molar-refractivity contribution in [3.05, 3.63) is 35.4 Å². The molecule has 1 fully saturated rings. The molecule has 3 amide bonds. The van der Waals surface area contributed by atoms with Gasteiger partial charge in [-0.3, -0.25) is 14.9 Å². The number of ether oxygens (including phenoxy) is 1. The first-order valence-electron chi connectivity index (χ1n) is 7.09. The maximum Gasteiger partial charge on any atom is 0.326 e. The largest absolute Gasteiger partial charge is 0.459 e. The van der Waals surface area contributed by atoms with Crippen LogP contribution in [0.2, 0.25) is 0 Å². The zero-order valence-electron chi connectivity index (χ0n) is 13.0. The lowest BCUT2D eigenvalue weighted by molar-refractivity contribution is -0.145. The van der Waals surface area contributed by atoms with Crippen molar-refractivity contribution < 1.29 is 19.1 Å². The molecule has 0 aliphatic carbocycles. The lowest BCUT2D eigenvalue weighted by Gasteiger charge is -2.19. The van der Waals surface area contributed by atoms with Crippen LogP contribution in [0.25, 0.3) is 0 Å². The zero-order chi connectivity index (χ0) is 16.3. The monoisotopic (exact) mass is 304 g/mol. The summed E-state index contributed by atoms with van der Waals surface area (Å²) in [5.41, 5.74) is 2.16. The molecule has 0 radical (unpaired) electrons. The lowest BCUT2D eigenvalue weighted by atomic mass is 9.87. The molecule has 1 aliphatic heterocycles. The number of nitrogens with one attached hydrogen (secondary N) is 1. The van der Waals surface area contributed by atoms with Gasteiger partial charge in [-0.05, 0) is 16.5 Å². The van der Waals surface area contributed by atoms with E-state index >= 15 is 0 Å². The Bertz CT molecular complexity index is 587. The molecular formula is C16H20N2O4. The molecule has 0 spiro atoms. The molecule has 1 N–H and O–H groups in total. The minimum atomic E-state index is -0.559. The maximum absolute atomic E-state index is 11.7. The summed E-state index contributed by atoms with van der Waals surface area (Å²) in [6.45, 7) is 6.21. The summed E-state index contributed by atoms with van der Waals surface area (Å²) in [4.78, 5) is 35.1. The van der Waals surface area contributed by atoms with Crippen LogP contribution in [0.15, 0.2) is 24.3 Å². The number of amides is 3. The van der Waals surface area contributed by atoms with Gasteiger partial charge in [0.15, 0.2) is 0 Å². The number of hydrogen-bond donors (Lipinski definition) is 1. The average molecular weight is 304 g/mol. The summed E-state index contributed by atoms with van der Waals surface area (Å²) in [5.74, 6) is -0.944. The predicted molar refractivity (Wildman–Crippen MR) is 80.0 cm³/mol. The van der Waals surface area contributed by atoms with Gasteiger partial charge in [0.2, 0.25) is 5.91 Å². The fourth-order valence-corrected chi connectivity index (χ4v) is 2.08. The van der Waals surface area contributed by atoms with E-state index in [4.69, 9.17) is 4.74 Å². The first kappa shape index (κ1) is 16.0. The normalized spacial score (nSPS) is 15.0. The van der Waals surface area contributed by atoms with Gasteiger partial charge in [0.25, 0.3) is 0 Å². The summed E-state index contributed by atoms with van der Waals surface area (Å²) in [6.07, 6.45) is 0. The summed E-state index contributed by atoms with van der Waals surface area (Å²) < 4.78 is 5.13. The van der Waals surface area contributed by atoms with Crippen LogP contribution in [0, 0.1) is 0 Å². The second-order valence-corrected chi connectivity index (χ2v) is 6.32. The van der Waals surface area contributed by atoms with Crippen LogP contribution < -0.4 is 5.32 Å². The van der Waals surface area contributed by atoms with E-state index in [1.165, 1.54) is 5.56 Å². The van der Waals surface area contributed by atoms with Gasteiger partial charge in [-0.1, -0.05) is 45.0 Å². The van der Waals surface area contributed by atoms with Gasteiger partial charge in [0.05, 0.1) is 0 Å². The topological polar surface area (TPSA) is 75.7 Å². The zero-order valence-corrected chi connectivity index (χ0v) is 13.0. The van der Waals surface area contributed by atoms with E-state index in [9.17, 15) is 14.4 Å². The third kappa shape index (κ3) is 4.07. The number of rotatable bonds is 4. The Kier molecular flexibility index (Phi) is 4.49. The molecule has 2 rings (SSSR count). The Labute approximate surface area is 129 Å². The number of urea groups is 1. The molecule has 6 heteroatoms. The summed E-state index contributed by atoms with van der Waals surface area (Å²) in [6, 6.07) is 7.29. The first-order chi connectivity index (χ1) is 10.3. The van der Waals surface area contributed by atoms with Crippen molar-refractivity contribution >= 4 is 17.9 Å². The minimum absolute atomic E-state index is 0.0743. The highest BCUT2D eigenvalue weighted by molar-refractivity contribution is 6.02. The van der Waals surface area contributed by atoms with Crippen LogP contribution in [0.4, 0.5) is 4.79 Å². The third-order valence-corrected chi connectivity index (χ3v) is 3.41. The van der Waals surface area contributed by atoms with E-state index < -0.39 is 17.9 Å². The minimum Gasteiger partial charge on any atom is -0.459 e. The standard InChI is InChI=1S/C16H20N2O4/c1-16(2,3)12-6-4-11(5-7-12)10-22-14(20)9-18-8-13(19)17-15(18)21/h4-7H,8-10H2,1-3H3,(H,17,19,21). The molecule has 6 nitrogen and oxygen atoms in total. The number of imide groups is 1. The van der Waals surface area contributed by atoms with E-state index in [-0.39, 0.29) is 25.1 Å². The van der Waals surface area contributed by atoms with Crippen LogP contribution >= 0.6 is 0 Å². The summed E-state index contributed by atoms with van der Waals surface area (Å²) in [7, 11) is 0. The van der Waals surface area contributed by atoms with Gasteiger partial charge in [-0.25, -0.2) is 4.79 Å². The van der Waals surface area contributed by atoms with E-state index in [0.29, 0.717) is 0 Å². The molecule has 0 atom stereocenters. The van der Waals surface area contributed by atoms with Crippen molar-refractivity contribution in [3.63, 3.8) is 0 Å². The molecule has 1 aliphatic rings. The molecule has 0 bridgehead atoms. The second-order valence-electron chi connectivity index (χ2n) is 6.32. The molecule has 1 saturated heterocycles. The molecular weight excluding hydrogens is 284 g/mol. The highest BCUT2D eigenvalue weighted by Gasteiger charge is 2.28. The molecule has 1 aromatic rings. The van der Waals surface area contributed by atoms with E-state index in [0.717, 1.165) is 10.5 Å². The maximum atomic E-state index is 11.7. The van der Waals surface area contributed by atoms with Crippen LogP contribution in [0.5, 0.6) is 0 Å². The number of hydrogen-bond acceptors (Lipinski definition) is 4. The van der Waals surface area contributed by atoms with Crippen LogP contribution in [0.3, 0.4) is 0 Å². The first-order valence-corrected chi connectivity index (χ1v) is 7.09. The highest BCUT2D eigenvalue weighted by atomic mass is 16.5. The SMILES string of the molecule is CC(C)(C)c1ccc(COC(=O)CN2CC(=O)NC2=O)cc1. The van der Waals surface area contributed by atoms with E-state index in [1.807, 2.05) is 24.3 Å². The van der Waals surface area contributed by atoms with Crippen molar-refractivity contribution in [3.8, 4) is 0 Å². The summed E-state index contributed by atoms with van der Waals surface area (Å²) >= 11 is 0. The summed E-state index contributed by atoms with van der Waals surface area (Å²) in [5, 5.41) is 2.11. The molecule has 1 aromatic carbocycles. The fourth-order valence-electron chi connectivity index (χ4n) is 2.08. The Morgan fingerprint density at radius 1 is 1.23 bits per heavy atom. The molecule has 22 heavy (non-hydrogen) atoms. The average Bonchev–Trinajstić information content (AvgIpc) is 2.74. The van der Waals surface area contributed by atoms with Crippen molar-refractivity contribution in [2.75, 3.05) is 13.1 Å². The highest BCUT2D eigenvalue weighted by Crippen LogP contribution is 2.22. The van der Waals surface area contributed by atoms with Crippen LogP contribution in [0.1, 0.15) is 31.9 Å². The quantitative estimate of drug-likeness (QED) is 0.677. The Hall–Kier alpha value is -2.37.